The maximum atomic E-state index is 4.46. The summed E-state index contributed by atoms with van der Waals surface area (Å²) in [6.07, 6.45) is 12.8. The Hall–Kier alpha value is -1.69. The van der Waals surface area contributed by atoms with E-state index in [-0.39, 0.29) is 0 Å². The zero-order valence-electron chi connectivity index (χ0n) is 20.7. The number of nitrogens with one attached hydrogen (secondary N) is 1. The summed E-state index contributed by atoms with van der Waals surface area (Å²) in [4.78, 5) is 4.46. The Kier molecular flexibility index (Phi) is 6.81. The first-order valence-corrected chi connectivity index (χ1v) is 17.6. The SMILES string of the molecule is CC(C)(C)[Si](C)(C)C1=C([Si](NC2CCCCC2)(c2ccccc2)c2ccccc2)CC=C1. The summed E-state index contributed by atoms with van der Waals surface area (Å²) in [5, 5.41) is 6.79. The molecule has 1 N–H and O–H groups in total. The van der Waals surface area contributed by atoms with Crippen molar-refractivity contribution in [3.05, 3.63) is 83.2 Å². The number of benzene rings is 2. The molecule has 1 nitrogen and oxygen atoms in total. The average Bonchev–Trinajstić information content (AvgIpc) is 3.30. The highest BCUT2D eigenvalue weighted by molar-refractivity contribution is 7.07. The van der Waals surface area contributed by atoms with Crippen molar-refractivity contribution in [3.8, 4) is 0 Å². The van der Waals surface area contributed by atoms with Gasteiger partial charge in [-0.2, -0.15) is 0 Å². The van der Waals surface area contributed by atoms with Crippen molar-refractivity contribution in [2.75, 3.05) is 0 Å². The lowest BCUT2D eigenvalue weighted by Gasteiger charge is -2.44. The summed E-state index contributed by atoms with van der Waals surface area (Å²) in [5.41, 5.74) is 0. The van der Waals surface area contributed by atoms with Gasteiger partial charge in [-0.3, -0.25) is 0 Å². The molecule has 1 saturated carbocycles. The van der Waals surface area contributed by atoms with Crippen molar-refractivity contribution in [1.82, 2.24) is 4.98 Å². The van der Waals surface area contributed by atoms with Crippen LogP contribution in [-0.4, -0.2) is 22.4 Å². The molecular weight excluding hydrogens is 418 g/mol. The molecule has 0 aromatic heterocycles. The van der Waals surface area contributed by atoms with Crippen molar-refractivity contribution in [1.29, 1.82) is 0 Å². The molecular formula is C29H41NSi2. The summed E-state index contributed by atoms with van der Waals surface area (Å²) in [5.74, 6) is 0. The van der Waals surface area contributed by atoms with Crippen LogP contribution in [0.4, 0.5) is 0 Å². The number of hydrogen-bond donors (Lipinski definition) is 1. The summed E-state index contributed by atoms with van der Waals surface area (Å²) in [6, 6.07) is 23.6. The topological polar surface area (TPSA) is 12.0 Å². The van der Waals surface area contributed by atoms with Crippen LogP contribution >= 0.6 is 0 Å². The van der Waals surface area contributed by atoms with Gasteiger partial charge in [-0.15, -0.1) is 0 Å². The predicted molar refractivity (Wildman–Crippen MR) is 146 cm³/mol. The predicted octanol–water partition coefficient (Wildman–Crippen LogP) is 6.51. The lowest BCUT2D eigenvalue weighted by molar-refractivity contribution is 0.416. The van der Waals surface area contributed by atoms with E-state index >= 15 is 0 Å². The Bertz CT molecular complexity index is 922. The molecule has 0 bridgehead atoms. The first-order valence-electron chi connectivity index (χ1n) is 12.6. The third kappa shape index (κ3) is 4.27. The molecule has 32 heavy (non-hydrogen) atoms. The molecule has 0 heterocycles. The zero-order valence-corrected chi connectivity index (χ0v) is 22.7. The number of allylic oxidation sites excluding steroid dienone is 4. The maximum absolute atomic E-state index is 4.46. The largest absolute Gasteiger partial charge is 0.324 e. The second-order valence-corrected chi connectivity index (χ2v) is 20.2. The minimum atomic E-state index is -2.35. The van der Waals surface area contributed by atoms with E-state index in [1.165, 1.54) is 42.5 Å². The van der Waals surface area contributed by atoms with Crippen LogP contribution in [0.25, 0.3) is 0 Å². The van der Waals surface area contributed by atoms with Crippen molar-refractivity contribution in [2.24, 2.45) is 0 Å². The highest BCUT2D eigenvalue weighted by Gasteiger charge is 2.49. The summed E-state index contributed by atoms with van der Waals surface area (Å²) < 4.78 is 0. The first kappa shape index (κ1) is 23.5. The summed E-state index contributed by atoms with van der Waals surface area (Å²) in [6.45, 7) is 12.6. The molecule has 2 aromatic carbocycles. The van der Waals surface area contributed by atoms with Crippen LogP contribution in [0, 0.1) is 0 Å². The van der Waals surface area contributed by atoms with E-state index in [1.54, 1.807) is 10.4 Å². The Balaban J connectivity index is 1.99. The Morgan fingerprint density at radius 3 is 1.81 bits per heavy atom. The van der Waals surface area contributed by atoms with Crippen molar-refractivity contribution in [2.45, 2.75) is 83.5 Å². The van der Waals surface area contributed by atoms with Crippen LogP contribution in [0.15, 0.2) is 83.2 Å². The van der Waals surface area contributed by atoms with Crippen molar-refractivity contribution >= 4 is 26.7 Å². The van der Waals surface area contributed by atoms with Gasteiger partial charge in [0.15, 0.2) is 0 Å². The smallest absolute Gasteiger partial charge is 0.218 e. The third-order valence-electron chi connectivity index (χ3n) is 8.37. The van der Waals surface area contributed by atoms with Gasteiger partial charge in [0, 0.05) is 6.04 Å². The fourth-order valence-corrected chi connectivity index (χ4v) is 14.0. The molecule has 0 amide bonds. The van der Waals surface area contributed by atoms with E-state index in [9.17, 15) is 0 Å². The van der Waals surface area contributed by atoms with Crippen molar-refractivity contribution in [3.63, 3.8) is 0 Å². The molecule has 0 radical (unpaired) electrons. The van der Waals surface area contributed by atoms with Gasteiger partial charge in [-0.1, -0.05) is 136 Å². The third-order valence-corrected chi connectivity index (χ3v) is 18.8. The van der Waals surface area contributed by atoms with E-state index in [0.717, 1.165) is 6.42 Å². The second kappa shape index (κ2) is 9.28. The fraction of sp³-hybridized carbons (Fsp3) is 0.448. The highest BCUT2D eigenvalue weighted by atomic mass is 28.3. The van der Waals surface area contributed by atoms with Gasteiger partial charge in [0.05, 0.1) is 8.07 Å². The van der Waals surface area contributed by atoms with Crippen LogP contribution in [-0.2, 0) is 0 Å². The van der Waals surface area contributed by atoms with Crippen LogP contribution in [0.2, 0.25) is 18.1 Å². The van der Waals surface area contributed by atoms with Crippen LogP contribution in [0.5, 0.6) is 0 Å². The van der Waals surface area contributed by atoms with Gasteiger partial charge in [-0.05, 0) is 34.7 Å². The normalized spacial score (nSPS) is 18.4. The molecule has 0 spiro atoms. The van der Waals surface area contributed by atoms with Gasteiger partial charge in [0.2, 0.25) is 8.24 Å². The Morgan fingerprint density at radius 2 is 1.31 bits per heavy atom. The fourth-order valence-electron chi connectivity index (χ4n) is 5.55. The minimum Gasteiger partial charge on any atom is -0.324 e. The summed E-state index contributed by atoms with van der Waals surface area (Å²) in [7, 11) is -4.04. The Morgan fingerprint density at radius 1 is 0.781 bits per heavy atom. The quantitative estimate of drug-likeness (QED) is 0.485. The van der Waals surface area contributed by atoms with Gasteiger partial charge < -0.3 is 4.98 Å². The second-order valence-electron chi connectivity index (χ2n) is 11.3. The van der Waals surface area contributed by atoms with Crippen molar-refractivity contribution < 1.29 is 0 Å². The molecule has 0 unspecified atom stereocenters. The molecule has 170 valence electrons. The molecule has 2 aliphatic rings. The van der Waals surface area contributed by atoms with Gasteiger partial charge in [0.1, 0.15) is 0 Å². The lowest BCUT2D eigenvalue weighted by Crippen LogP contribution is -2.73. The van der Waals surface area contributed by atoms with E-state index < -0.39 is 16.3 Å². The van der Waals surface area contributed by atoms with E-state index in [0.29, 0.717) is 11.1 Å². The standard InChI is InChI=1S/C29H41NSi2/c1-29(2,3)31(4,5)27-22-15-23-28(27)32(25-18-11-7-12-19-25,26-20-13-8-14-21-26)30-24-16-9-6-10-17-24/h7-8,11-15,18-22,24,30H,6,9-10,16-17,23H2,1-5H3. The maximum Gasteiger partial charge on any atom is 0.218 e. The van der Waals surface area contributed by atoms with Gasteiger partial charge >= 0.3 is 0 Å². The molecule has 3 heteroatoms. The van der Waals surface area contributed by atoms with Gasteiger partial charge in [-0.25, -0.2) is 0 Å². The zero-order chi connectivity index (χ0) is 22.8. The van der Waals surface area contributed by atoms with Gasteiger partial charge in [0.25, 0.3) is 0 Å². The molecule has 1 fully saturated rings. The minimum absolute atomic E-state index is 0.320. The molecule has 4 rings (SSSR count). The monoisotopic (exact) mass is 459 g/mol. The van der Waals surface area contributed by atoms with Crippen LogP contribution in [0.1, 0.15) is 59.3 Å². The van der Waals surface area contributed by atoms with E-state index in [2.05, 4.69) is 112 Å². The lowest BCUT2D eigenvalue weighted by atomic mass is 9.96. The Labute approximate surface area is 198 Å². The molecule has 0 aliphatic heterocycles. The molecule has 2 aromatic rings. The summed E-state index contributed by atoms with van der Waals surface area (Å²) >= 11 is 0. The first-order chi connectivity index (χ1) is 15.3. The average molecular weight is 460 g/mol. The van der Waals surface area contributed by atoms with E-state index in [4.69, 9.17) is 0 Å². The van der Waals surface area contributed by atoms with E-state index in [1.807, 2.05) is 0 Å². The van der Waals surface area contributed by atoms with Crippen LogP contribution in [0.3, 0.4) is 0 Å². The highest BCUT2D eigenvalue weighted by Crippen LogP contribution is 2.45. The molecule has 0 saturated heterocycles. The molecule has 0 atom stereocenters. The number of rotatable bonds is 6. The van der Waals surface area contributed by atoms with Crippen LogP contribution < -0.4 is 15.4 Å². The molecule has 2 aliphatic carbocycles. The number of hydrogen-bond acceptors (Lipinski definition) is 1.